The summed E-state index contributed by atoms with van der Waals surface area (Å²) in [5.74, 6) is -1.35. The molecule has 2 rings (SSSR count). The van der Waals surface area contributed by atoms with Crippen molar-refractivity contribution in [3.63, 3.8) is 0 Å². The van der Waals surface area contributed by atoms with Crippen molar-refractivity contribution in [2.75, 3.05) is 19.7 Å². The highest BCUT2D eigenvalue weighted by molar-refractivity contribution is 5.89. The highest BCUT2D eigenvalue weighted by Crippen LogP contribution is 2.26. The Kier molecular flexibility index (Phi) is 6.16. The van der Waals surface area contributed by atoms with Crippen LogP contribution in [0.25, 0.3) is 11.0 Å². The van der Waals surface area contributed by atoms with Gasteiger partial charge in [0.25, 0.3) is 5.91 Å². The number of nitrogens with one attached hydrogen (secondary N) is 2. The monoisotopic (exact) mass is 346 g/mol. The molecule has 1 heterocycles. The molecule has 1 aromatic carbocycles. The van der Waals surface area contributed by atoms with E-state index in [1.807, 2.05) is 26.0 Å². The molecule has 0 atom stereocenters. The van der Waals surface area contributed by atoms with E-state index in [9.17, 15) is 14.4 Å². The predicted octanol–water partition coefficient (Wildman–Crippen LogP) is 1.39. The number of carbonyl (C=O) groups excluding carboxylic acids is 3. The maximum atomic E-state index is 11.9. The second-order valence-electron chi connectivity index (χ2n) is 5.71. The normalized spacial score (nSPS) is 10.5. The standard InChI is InChI=1S/C18H22N2O5/c1-4-19-15(21)8-20-16(22)10-24-17(23)7-13-9-25-18-12(3)11(2)5-6-14(13)18/h5-6,9H,4,7-8,10H2,1-3H3,(H,19,21)(H,20,22). The van der Waals surface area contributed by atoms with E-state index >= 15 is 0 Å². The fraction of sp³-hybridized carbons (Fsp3) is 0.389. The second kappa shape index (κ2) is 8.32. The number of rotatable bonds is 7. The summed E-state index contributed by atoms with van der Waals surface area (Å²) < 4.78 is 10.5. The van der Waals surface area contributed by atoms with Crippen molar-refractivity contribution in [3.8, 4) is 0 Å². The summed E-state index contributed by atoms with van der Waals surface area (Å²) in [5.41, 5.74) is 3.61. The molecular weight excluding hydrogens is 324 g/mol. The Morgan fingerprint density at radius 3 is 2.60 bits per heavy atom. The first-order chi connectivity index (χ1) is 11.9. The lowest BCUT2D eigenvalue weighted by atomic mass is 10.0. The lowest BCUT2D eigenvalue weighted by molar-refractivity contribution is -0.147. The van der Waals surface area contributed by atoms with Gasteiger partial charge < -0.3 is 19.8 Å². The molecule has 7 nitrogen and oxygen atoms in total. The molecule has 0 fully saturated rings. The Balaban J connectivity index is 1.86. The first kappa shape index (κ1) is 18.5. The average molecular weight is 346 g/mol. The number of carbonyl (C=O) groups is 3. The molecule has 25 heavy (non-hydrogen) atoms. The van der Waals surface area contributed by atoms with E-state index in [1.54, 1.807) is 6.92 Å². The topological polar surface area (TPSA) is 97.6 Å². The van der Waals surface area contributed by atoms with Crippen LogP contribution in [0.5, 0.6) is 0 Å². The number of fused-ring (bicyclic) bond motifs is 1. The minimum Gasteiger partial charge on any atom is -0.464 e. The molecule has 0 spiro atoms. The van der Waals surface area contributed by atoms with Gasteiger partial charge in [-0.2, -0.15) is 0 Å². The lowest BCUT2D eigenvalue weighted by Gasteiger charge is -2.06. The van der Waals surface area contributed by atoms with Crippen LogP contribution in [-0.4, -0.2) is 37.5 Å². The van der Waals surface area contributed by atoms with Crippen molar-refractivity contribution in [3.05, 3.63) is 35.1 Å². The summed E-state index contributed by atoms with van der Waals surface area (Å²) in [6.07, 6.45) is 1.55. The van der Waals surface area contributed by atoms with E-state index in [-0.39, 0.29) is 18.9 Å². The van der Waals surface area contributed by atoms with Crippen molar-refractivity contribution in [2.45, 2.75) is 27.2 Å². The van der Waals surface area contributed by atoms with Crippen LogP contribution in [0.2, 0.25) is 0 Å². The van der Waals surface area contributed by atoms with Crippen molar-refractivity contribution < 1.29 is 23.5 Å². The van der Waals surface area contributed by atoms with Gasteiger partial charge in [-0.25, -0.2) is 0 Å². The lowest BCUT2D eigenvalue weighted by Crippen LogP contribution is -2.38. The number of hydrogen-bond acceptors (Lipinski definition) is 5. The SMILES string of the molecule is CCNC(=O)CNC(=O)COC(=O)Cc1coc2c(C)c(C)ccc12. The summed E-state index contributed by atoms with van der Waals surface area (Å²) in [6.45, 7) is 5.65. The quantitative estimate of drug-likeness (QED) is 0.738. The van der Waals surface area contributed by atoms with Gasteiger partial charge in [0.05, 0.1) is 19.2 Å². The largest absolute Gasteiger partial charge is 0.464 e. The van der Waals surface area contributed by atoms with Crippen molar-refractivity contribution in [2.24, 2.45) is 0 Å². The highest BCUT2D eigenvalue weighted by Gasteiger charge is 2.15. The first-order valence-electron chi connectivity index (χ1n) is 8.07. The zero-order valence-corrected chi connectivity index (χ0v) is 14.6. The zero-order valence-electron chi connectivity index (χ0n) is 14.6. The number of esters is 1. The molecule has 0 aliphatic heterocycles. The number of amides is 2. The molecule has 0 radical (unpaired) electrons. The smallest absolute Gasteiger partial charge is 0.310 e. The number of furan rings is 1. The third kappa shape index (κ3) is 4.82. The summed E-state index contributed by atoms with van der Waals surface area (Å²) in [5, 5.41) is 5.79. The Morgan fingerprint density at radius 2 is 1.88 bits per heavy atom. The molecule has 0 aliphatic carbocycles. The predicted molar refractivity (Wildman–Crippen MR) is 92.0 cm³/mol. The first-order valence-corrected chi connectivity index (χ1v) is 8.07. The van der Waals surface area contributed by atoms with E-state index in [4.69, 9.17) is 9.15 Å². The fourth-order valence-electron chi connectivity index (χ4n) is 2.37. The van der Waals surface area contributed by atoms with Gasteiger partial charge in [-0.1, -0.05) is 12.1 Å². The summed E-state index contributed by atoms with van der Waals surface area (Å²) >= 11 is 0. The molecule has 7 heteroatoms. The number of benzene rings is 1. The second-order valence-corrected chi connectivity index (χ2v) is 5.71. The van der Waals surface area contributed by atoms with Crippen molar-refractivity contribution in [1.82, 2.24) is 10.6 Å². The van der Waals surface area contributed by atoms with Crippen molar-refractivity contribution in [1.29, 1.82) is 0 Å². The molecule has 0 saturated carbocycles. The number of ether oxygens (including phenoxy) is 1. The Bertz CT molecular complexity index is 794. The van der Waals surface area contributed by atoms with Crippen LogP contribution in [-0.2, 0) is 25.5 Å². The third-order valence-electron chi connectivity index (χ3n) is 3.86. The van der Waals surface area contributed by atoms with Gasteiger partial charge in [0.15, 0.2) is 6.61 Å². The van der Waals surface area contributed by atoms with Crippen LogP contribution in [0.15, 0.2) is 22.8 Å². The minimum absolute atomic E-state index is 0.0130. The molecule has 0 unspecified atom stereocenters. The third-order valence-corrected chi connectivity index (χ3v) is 3.86. The number of likely N-dealkylation sites (N-methyl/N-ethyl adjacent to an activating group) is 1. The van der Waals surface area contributed by atoms with E-state index in [2.05, 4.69) is 10.6 Å². The van der Waals surface area contributed by atoms with Crippen LogP contribution in [0.3, 0.4) is 0 Å². The summed E-state index contributed by atoms with van der Waals surface area (Å²) in [7, 11) is 0. The molecule has 2 amide bonds. The molecule has 2 aromatic rings. The Labute approximate surface area is 145 Å². The maximum absolute atomic E-state index is 11.9. The molecule has 0 saturated heterocycles. The molecule has 2 N–H and O–H groups in total. The van der Waals surface area contributed by atoms with Gasteiger partial charge in [0, 0.05) is 17.5 Å². The van der Waals surface area contributed by atoms with Crippen LogP contribution in [0.4, 0.5) is 0 Å². The molecule has 0 bridgehead atoms. The maximum Gasteiger partial charge on any atom is 0.310 e. The summed E-state index contributed by atoms with van der Waals surface area (Å²) in [4.78, 5) is 34.7. The van der Waals surface area contributed by atoms with E-state index in [0.29, 0.717) is 12.1 Å². The van der Waals surface area contributed by atoms with Crippen LogP contribution in [0.1, 0.15) is 23.6 Å². The molecule has 1 aromatic heterocycles. The molecule has 0 aliphatic rings. The van der Waals surface area contributed by atoms with E-state index in [1.165, 1.54) is 6.26 Å². The number of aryl methyl sites for hydroxylation is 2. The van der Waals surface area contributed by atoms with Gasteiger partial charge in [-0.15, -0.1) is 0 Å². The van der Waals surface area contributed by atoms with Crippen LogP contribution in [0, 0.1) is 13.8 Å². The summed E-state index contributed by atoms with van der Waals surface area (Å²) in [6, 6.07) is 3.87. The van der Waals surface area contributed by atoms with Gasteiger partial charge in [-0.3, -0.25) is 14.4 Å². The average Bonchev–Trinajstić information content (AvgIpc) is 2.98. The van der Waals surface area contributed by atoms with Gasteiger partial charge in [-0.05, 0) is 31.9 Å². The van der Waals surface area contributed by atoms with E-state index in [0.717, 1.165) is 22.1 Å². The van der Waals surface area contributed by atoms with Gasteiger partial charge in [0.2, 0.25) is 5.91 Å². The van der Waals surface area contributed by atoms with Crippen LogP contribution < -0.4 is 10.6 Å². The molecular formula is C18H22N2O5. The van der Waals surface area contributed by atoms with Crippen molar-refractivity contribution >= 4 is 28.8 Å². The fourth-order valence-corrected chi connectivity index (χ4v) is 2.37. The van der Waals surface area contributed by atoms with Gasteiger partial charge >= 0.3 is 5.97 Å². The van der Waals surface area contributed by atoms with Crippen LogP contribution >= 0.6 is 0 Å². The van der Waals surface area contributed by atoms with E-state index < -0.39 is 18.5 Å². The zero-order chi connectivity index (χ0) is 18.4. The number of hydrogen-bond donors (Lipinski definition) is 2. The highest BCUT2D eigenvalue weighted by atomic mass is 16.5. The minimum atomic E-state index is -0.533. The Morgan fingerprint density at radius 1 is 1.12 bits per heavy atom. The molecule has 134 valence electrons. The Hall–Kier alpha value is -2.83. The van der Waals surface area contributed by atoms with Gasteiger partial charge in [0.1, 0.15) is 5.58 Å².